The molecule has 0 atom stereocenters. The lowest BCUT2D eigenvalue weighted by molar-refractivity contribution is -0.143. The molecule has 0 saturated carbocycles. The van der Waals surface area contributed by atoms with Crippen molar-refractivity contribution in [2.45, 2.75) is 34.6 Å². The van der Waals surface area contributed by atoms with E-state index in [0.29, 0.717) is 11.5 Å². The fourth-order valence-corrected chi connectivity index (χ4v) is 1.37. The van der Waals surface area contributed by atoms with Crippen LogP contribution in [0, 0.1) is 17.7 Å². The Kier molecular flexibility index (Phi) is 4.06. The largest absolute Gasteiger partial charge is 0.424 e. The zero-order valence-electron chi connectivity index (χ0n) is 11.4. The maximum atomic E-state index is 11.8. The second-order valence-corrected chi connectivity index (χ2v) is 5.14. The molecule has 0 amide bonds. The monoisotopic (exact) mass is 249 g/mol. The fraction of sp³-hybridized carbons (Fsp3) is 0.462. The number of carbonyl (C=O) groups excluding carboxylic acids is 1. The van der Waals surface area contributed by atoms with E-state index in [-0.39, 0.29) is 5.97 Å². The van der Waals surface area contributed by atoms with Gasteiger partial charge in [0, 0.05) is 11.8 Å². The normalized spacial score (nSPS) is 12.4. The highest BCUT2D eigenvalue weighted by Gasteiger charge is 2.25. The highest BCUT2D eigenvalue weighted by molar-refractivity contribution is 6.02. The van der Waals surface area contributed by atoms with Crippen molar-refractivity contribution in [3.05, 3.63) is 17.5 Å². The van der Waals surface area contributed by atoms with Crippen molar-refractivity contribution in [1.82, 2.24) is 4.98 Å². The predicted molar refractivity (Wildman–Crippen MR) is 71.6 cm³/mol. The average molecular weight is 249 g/mol. The molecule has 0 unspecified atom stereocenters. The molecular weight excluding hydrogens is 230 g/mol. The third kappa shape index (κ3) is 3.06. The Bertz CT molecular complexity index is 493. The molecule has 1 aromatic rings. The highest BCUT2D eigenvalue weighted by atomic mass is 16.5. The second kappa shape index (κ2) is 5.16. The summed E-state index contributed by atoms with van der Waals surface area (Å²) in [6.07, 6.45) is 2.62. The molecule has 1 heterocycles. The zero-order chi connectivity index (χ0) is 13.9. The number of rotatable bonds is 3. The lowest BCUT2D eigenvalue weighted by Gasteiger charge is -2.16. The van der Waals surface area contributed by atoms with Crippen molar-refractivity contribution < 1.29 is 9.53 Å². The molecule has 1 aromatic heterocycles. The van der Waals surface area contributed by atoms with Gasteiger partial charge in [0.15, 0.2) is 5.75 Å². The third-order valence-corrected chi connectivity index (χ3v) is 2.53. The Morgan fingerprint density at radius 2 is 2.11 bits per heavy atom. The van der Waals surface area contributed by atoms with Crippen molar-refractivity contribution >= 4 is 18.0 Å². The van der Waals surface area contributed by atoms with Crippen molar-refractivity contribution in [1.29, 1.82) is 5.41 Å². The average Bonchev–Trinajstić information content (AvgIpc) is 2.59. The van der Waals surface area contributed by atoms with Crippen LogP contribution in [0.2, 0.25) is 0 Å². The molecule has 0 radical (unpaired) electrons. The minimum atomic E-state index is -0.540. The summed E-state index contributed by atoms with van der Waals surface area (Å²) in [7, 11) is 0. The Balaban J connectivity index is 2.98. The molecule has 0 fully saturated rings. The number of aliphatic imine (C=N–C) groups is 1. The maximum Gasteiger partial charge on any atom is 0.316 e. The summed E-state index contributed by atoms with van der Waals surface area (Å²) in [5, 5.41) is 6.94. The van der Waals surface area contributed by atoms with E-state index in [4.69, 9.17) is 10.1 Å². The van der Waals surface area contributed by atoms with Gasteiger partial charge in [-0.1, -0.05) is 0 Å². The van der Waals surface area contributed by atoms with Crippen molar-refractivity contribution in [3.8, 4) is 5.75 Å². The molecule has 0 aromatic carbocycles. The molecule has 5 heteroatoms. The van der Waals surface area contributed by atoms with Gasteiger partial charge in [-0.05, 0) is 34.6 Å². The van der Waals surface area contributed by atoms with Gasteiger partial charge in [0.05, 0.1) is 16.8 Å². The summed E-state index contributed by atoms with van der Waals surface area (Å²) in [5.74, 6) is 0.224. The minimum absolute atomic E-state index is 0.280. The molecule has 0 aliphatic carbocycles. The van der Waals surface area contributed by atoms with Gasteiger partial charge < -0.3 is 9.72 Å². The van der Waals surface area contributed by atoms with Gasteiger partial charge >= 0.3 is 5.97 Å². The van der Waals surface area contributed by atoms with Gasteiger partial charge in [-0.15, -0.1) is 0 Å². The first-order chi connectivity index (χ1) is 8.27. The molecular formula is C13H19N3O2. The van der Waals surface area contributed by atoms with Crippen LogP contribution >= 0.6 is 0 Å². The van der Waals surface area contributed by atoms with Gasteiger partial charge in [0.25, 0.3) is 0 Å². The number of hydrogen-bond acceptors (Lipinski definition) is 3. The molecule has 18 heavy (non-hydrogen) atoms. The van der Waals surface area contributed by atoms with E-state index < -0.39 is 5.41 Å². The molecule has 0 bridgehead atoms. The molecule has 98 valence electrons. The number of aromatic nitrogens is 1. The van der Waals surface area contributed by atoms with E-state index in [1.54, 1.807) is 33.9 Å². The van der Waals surface area contributed by atoms with Crippen LogP contribution in [0.3, 0.4) is 0 Å². The summed E-state index contributed by atoms with van der Waals surface area (Å²) >= 11 is 0. The standard InChI is InChI=1S/C13H19N3O2/c1-8-10(18-12(17)13(3,4)5)6-15-11(8)9(2)16-7-14/h6-7,14-15H,1-5H3. The number of aromatic amines is 1. The van der Waals surface area contributed by atoms with E-state index in [1.807, 2.05) is 6.92 Å². The molecule has 0 saturated heterocycles. The SMILES string of the molecule is CC(=NC=N)c1[nH]cc(OC(=O)C(C)(C)C)c1C. The second-order valence-electron chi connectivity index (χ2n) is 5.14. The number of ether oxygens (including phenoxy) is 1. The molecule has 0 spiro atoms. The molecule has 1 rings (SSSR count). The number of esters is 1. The number of nitrogens with one attached hydrogen (secondary N) is 2. The Hall–Kier alpha value is -1.91. The zero-order valence-corrected chi connectivity index (χ0v) is 11.4. The van der Waals surface area contributed by atoms with Gasteiger partial charge in [-0.3, -0.25) is 10.2 Å². The number of hydrogen-bond donors (Lipinski definition) is 2. The van der Waals surface area contributed by atoms with Crippen LogP contribution in [0.5, 0.6) is 5.75 Å². The van der Waals surface area contributed by atoms with Gasteiger partial charge in [-0.25, -0.2) is 4.99 Å². The first kappa shape index (κ1) is 14.2. The van der Waals surface area contributed by atoms with E-state index in [1.165, 1.54) is 0 Å². The van der Waals surface area contributed by atoms with E-state index >= 15 is 0 Å². The Morgan fingerprint density at radius 3 is 2.61 bits per heavy atom. The van der Waals surface area contributed by atoms with E-state index in [2.05, 4.69) is 9.98 Å². The Morgan fingerprint density at radius 1 is 1.50 bits per heavy atom. The fourth-order valence-electron chi connectivity index (χ4n) is 1.37. The molecule has 5 nitrogen and oxygen atoms in total. The number of nitrogens with zero attached hydrogens (tertiary/aromatic N) is 1. The predicted octanol–water partition coefficient (Wildman–Crippen LogP) is 2.69. The first-order valence-electron chi connectivity index (χ1n) is 5.71. The topological polar surface area (TPSA) is 78.3 Å². The summed E-state index contributed by atoms with van der Waals surface area (Å²) in [4.78, 5) is 18.7. The minimum Gasteiger partial charge on any atom is -0.424 e. The van der Waals surface area contributed by atoms with Crippen LogP contribution < -0.4 is 4.74 Å². The molecule has 0 aliphatic heterocycles. The lowest BCUT2D eigenvalue weighted by atomic mass is 9.97. The lowest BCUT2D eigenvalue weighted by Crippen LogP contribution is -2.25. The van der Waals surface area contributed by atoms with Crippen molar-refractivity contribution in [3.63, 3.8) is 0 Å². The number of carbonyl (C=O) groups is 1. The van der Waals surface area contributed by atoms with E-state index in [9.17, 15) is 4.79 Å². The van der Waals surface area contributed by atoms with Crippen LogP contribution in [0.15, 0.2) is 11.2 Å². The van der Waals surface area contributed by atoms with Crippen LogP contribution in [-0.2, 0) is 4.79 Å². The quantitative estimate of drug-likeness (QED) is 0.490. The third-order valence-electron chi connectivity index (χ3n) is 2.53. The van der Waals surface area contributed by atoms with Crippen molar-refractivity contribution in [2.75, 3.05) is 0 Å². The van der Waals surface area contributed by atoms with Crippen molar-refractivity contribution in [2.24, 2.45) is 10.4 Å². The first-order valence-corrected chi connectivity index (χ1v) is 5.71. The Labute approximate surface area is 107 Å². The molecule has 2 N–H and O–H groups in total. The van der Waals surface area contributed by atoms with Gasteiger partial charge in [-0.2, -0.15) is 0 Å². The summed E-state index contributed by atoms with van der Waals surface area (Å²) in [6.45, 7) is 9.05. The number of H-pyrrole nitrogens is 1. The summed E-state index contributed by atoms with van der Waals surface area (Å²) in [5.41, 5.74) is 1.73. The van der Waals surface area contributed by atoms with E-state index in [0.717, 1.165) is 17.6 Å². The van der Waals surface area contributed by atoms with Crippen LogP contribution in [0.25, 0.3) is 0 Å². The maximum absolute atomic E-state index is 11.8. The van der Waals surface area contributed by atoms with Gasteiger partial charge in [0.1, 0.15) is 6.34 Å². The highest BCUT2D eigenvalue weighted by Crippen LogP contribution is 2.25. The van der Waals surface area contributed by atoms with Crippen LogP contribution in [0.1, 0.15) is 39.0 Å². The summed E-state index contributed by atoms with van der Waals surface area (Å²) < 4.78 is 5.34. The molecule has 0 aliphatic rings. The van der Waals surface area contributed by atoms with Gasteiger partial charge in [0.2, 0.25) is 0 Å². The summed E-state index contributed by atoms with van der Waals surface area (Å²) in [6, 6.07) is 0. The smallest absolute Gasteiger partial charge is 0.316 e. The van der Waals surface area contributed by atoms with Crippen LogP contribution in [-0.4, -0.2) is 23.0 Å². The van der Waals surface area contributed by atoms with Crippen LogP contribution in [0.4, 0.5) is 0 Å².